The fourth-order valence-electron chi connectivity index (χ4n) is 3.66. The lowest BCUT2D eigenvalue weighted by atomic mass is 10.2. The van der Waals surface area contributed by atoms with Crippen molar-refractivity contribution in [1.29, 1.82) is 0 Å². The van der Waals surface area contributed by atoms with Crippen LogP contribution in [0.1, 0.15) is 24.7 Å². The average molecular weight is 387 g/mol. The second-order valence-electron chi connectivity index (χ2n) is 7.00. The number of hydrogen-bond acceptors (Lipinski definition) is 3. The van der Waals surface area contributed by atoms with Crippen LogP contribution in [-0.2, 0) is 4.79 Å². The number of nitrogens with zero attached hydrogens (tertiary/aromatic N) is 2. The maximum atomic E-state index is 13.1. The normalized spacial score (nSPS) is 16.2. The van der Waals surface area contributed by atoms with Crippen LogP contribution in [0.3, 0.4) is 0 Å². The Balaban J connectivity index is 1.51. The highest BCUT2D eigenvalue weighted by Crippen LogP contribution is 2.31. The number of para-hydroxylation sites is 2. The number of benzene rings is 3. The molecule has 0 saturated carbocycles. The number of halogens is 1. The topological polar surface area (TPSA) is 56.2 Å². The maximum absolute atomic E-state index is 13.1. The molecular formula is C23H18FN3O2. The minimum atomic E-state index is -0.300. The van der Waals surface area contributed by atoms with Crippen molar-refractivity contribution in [3.63, 3.8) is 0 Å². The Morgan fingerprint density at radius 1 is 0.966 bits per heavy atom. The zero-order valence-electron chi connectivity index (χ0n) is 15.5. The number of carbonyl (C=O) groups excluding carboxylic acids is 1. The zero-order chi connectivity index (χ0) is 19.8. The van der Waals surface area contributed by atoms with Gasteiger partial charge in [0.05, 0.1) is 17.1 Å². The van der Waals surface area contributed by atoms with Gasteiger partial charge in [-0.15, -0.1) is 0 Å². The Morgan fingerprint density at radius 3 is 2.34 bits per heavy atom. The Morgan fingerprint density at radius 2 is 1.66 bits per heavy atom. The summed E-state index contributed by atoms with van der Waals surface area (Å²) in [5, 5.41) is 3.01. The van der Waals surface area contributed by atoms with Crippen molar-refractivity contribution in [2.45, 2.75) is 18.9 Å². The molecule has 2 heterocycles. The number of carbonyl (C=O) groups is 1. The molecule has 1 amide bonds. The van der Waals surface area contributed by atoms with Crippen LogP contribution in [0.2, 0.25) is 0 Å². The molecule has 29 heavy (non-hydrogen) atoms. The maximum Gasteiger partial charge on any atom is 0.220 e. The van der Waals surface area contributed by atoms with Gasteiger partial charge in [-0.3, -0.25) is 9.36 Å². The average Bonchev–Trinajstić information content (AvgIpc) is 3.34. The van der Waals surface area contributed by atoms with Crippen LogP contribution in [-0.4, -0.2) is 15.5 Å². The molecule has 0 bridgehead atoms. The fourth-order valence-corrected chi connectivity index (χ4v) is 3.66. The number of amides is 1. The minimum absolute atomic E-state index is 0.0525. The molecule has 4 aromatic rings. The largest absolute Gasteiger partial charge is 0.457 e. The summed E-state index contributed by atoms with van der Waals surface area (Å²) in [6.07, 6.45) is 1.24. The van der Waals surface area contributed by atoms with Crippen LogP contribution in [0, 0.1) is 5.82 Å². The number of fused-ring (bicyclic) bond motifs is 1. The van der Waals surface area contributed by atoms with Gasteiger partial charge in [-0.2, -0.15) is 0 Å². The lowest BCUT2D eigenvalue weighted by molar-refractivity contribution is -0.119. The summed E-state index contributed by atoms with van der Waals surface area (Å²) in [4.78, 5) is 16.5. The first-order chi connectivity index (χ1) is 14.2. The first-order valence-electron chi connectivity index (χ1n) is 9.48. The third-order valence-corrected chi connectivity index (χ3v) is 5.04. The third-order valence-electron chi connectivity index (χ3n) is 5.04. The number of ether oxygens (including phenoxy) is 1. The molecule has 1 N–H and O–H groups in total. The molecule has 1 saturated heterocycles. The van der Waals surface area contributed by atoms with Gasteiger partial charge in [0.15, 0.2) is 0 Å². The molecule has 0 spiro atoms. The van der Waals surface area contributed by atoms with Gasteiger partial charge in [-0.25, -0.2) is 9.37 Å². The molecule has 6 heteroatoms. The fraction of sp³-hybridized carbons (Fsp3) is 0.130. The number of aromatic nitrogens is 2. The van der Waals surface area contributed by atoms with Crippen LogP contribution < -0.4 is 10.1 Å². The van der Waals surface area contributed by atoms with E-state index in [2.05, 4.69) is 9.88 Å². The molecule has 1 aliphatic rings. The summed E-state index contributed by atoms with van der Waals surface area (Å²) < 4.78 is 20.9. The highest BCUT2D eigenvalue weighted by molar-refractivity contribution is 5.81. The lowest BCUT2D eigenvalue weighted by Gasteiger charge is -2.14. The van der Waals surface area contributed by atoms with E-state index in [9.17, 15) is 9.18 Å². The van der Waals surface area contributed by atoms with Gasteiger partial charge in [0.2, 0.25) is 5.91 Å². The van der Waals surface area contributed by atoms with E-state index in [1.165, 1.54) is 12.1 Å². The molecule has 1 fully saturated rings. The monoisotopic (exact) mass is 387 g/mol. The Hall–Kier alpha value is -3.67. The summed E-state index contributed by atoms with van der Waals surface area (Å²) in [6, 6.07) is 21.4. The quantitative estimate of drug-likeness (QED) is 0.541. The summed E-state index contributed by atoms with van der Waals surface area (Å²) in [6.45, 7) is 0. The van der Waals surface area contributed by atoms with Gasteiger partial charge in [0.25, 0.3) is 0 Å². The van der Waals surface area contributed by atoms with Gasteiger partial charge in [0, 0.05) is 12.1 Å². The van der Waals surface area contributed by atoms with Crippen molar-refractivity contribution in [2.24, 2.45) is 0 Å². The number of nitrogens with one attached hydrogen (secondary N) is 1. The van der Waals surface area contributed by atoms with E-state index in [4.69, 9.17) is 9.72 Å². The third kappa shape index (κ3) is 3.33. The summed E-state index contributed by atoms with van der Waals surface area (Å²) in [7, 11) is 0. The molecule has 3 aromatic carbocycles. The smallest absolute Gasteiger partial charge is 0.220 e. The van der Waals surface area contributed by atoms with Crippen LogP contribution in [0.5, 0.6) is 11.5 Å². The van der Waals surface area contributed by atoms with E-state index < -0.39 is 0 Å². The van der Waals surface area contributed by atoms with E-state index in [0.717, 1.165) is 29.0 Å². The van der Waals surface area contributed by atoms with E-state index in [-0.39, 0.29) is 17.8 Å². The molecular weight excluding hydrogens is 369 g/mol. The van der Waals surface area contributed by atoms with Gasteiger partial charge < -0.3 is 10.1 Å². The Bertz CT molecular complexity index is 1180. The van der Waals surface area contributed by atoms with Crippen molar-refractivity contribution >= 4 is 16.9 Å². The minimum Gasteiger partial charge on any atom is -0.457 e. The highest BCUT2D eigenvalue weighted by Gasteiger charge is 2.28. The molecule has 1 aliphatic heterocycles. The highest BCUT2D eigenvalue weighted by atomic mass is 19.1. The van der Waals surface area contributed by atoms with Crippen molar-refractivity contribution in [3.8, 4) is 17.2 Å². The predicted octanol–water partition coefficient (Wildman–Crippen LogP) is 4.91. The summed E-state index contributed by atoms with van der Waals surface area (Å²) >= 11 is 0. The van der Waals surface area contributed by atoms with Crippen LogP contribution in [0.15, 0.2) is 72.8 Å². The summed E-state index contributed by atoms with van der Waals surface area (Å²) in [5.74, 6) is 1.80. The number of hydrogen-bond donors (Lipinski definition) is 1. The van der Waals surface area contributed by atoms with E-state index in [0.29, 0.717) is 17.9 Å². The SMILES string of the molecule is O=C1CC[C@@H](c2nc3ccccc3n2-c2ccc(Oc3ccc(F)cc3)cc2)N1. The molecule has 5 rings (SSSR count). The second-order valence-corrected chi connectivity index (χ2v) is 7.00. The van der Waals surface area contributed by atoms with Gasteiger partial charge in [0.1, 0.15) is 23.1 Å². The molecule has 0 aliphatic carbocycles. The number of rotatable bonds is 4. The van der Waals surface area contributed by atoms with E-state index >= 15 is 0 Å². The van der Waals surface area contributed by atoms with Crippen LogP contribution in [0.4, 0.5) is 4.39 Å². The van der Waals surface area contributed by atoms with Crippen molar-refractivity contribution in [1.82, 2.24) is 14.9 Å². The van der Waals surface area contributed by atoms with E-state index in [1.54, 1.807) is 12.1 Å². The molecule has 144 valence electrons. The van der Waals surface area contributed by atoms with Gasteiger partial charge in [-0.05, 0) is 67.1 Å². The predicted molar refractivity (Wildman–Crippen MR) is 108 cm³/mol. The van der Waals surface area contributed by atoms with Crippen LogP contribution in [0.25, 0.3) is 16.7 Å². The second kappa shape index (κ2) is 7.05. The van der Waals surface area contributed by atoms with E-state index in [1.807, 2.05) is 48.5 Å². The standard InChI is InChI=1S/C23H18FN3O2/c24-15-5-9-17(10-6-15)29-18-11-7-16(8-12-18)27-21-4-2-1-3-19(21)26-23(27)20-13-14-22(28)25-20/h1-12,20H,13-14H2,(H,25,28)/t20-/m0/s1. The Labute approximate surface area is 166 Å². The first-order valence-corrected chi connectivity index (χ1v) is 9.48. The number of imidazole rings is 1. The Kier molecular flexibility index (Phi) is 4.24. The van der Waals surface area contributed by atoms with Gasteiger partial charge in [-0.1, -0.05) is 12.1 Å². The molecule has 0 unspecified atom stereocenters. The van der Waals surface area contributed by atoms with Crippen molar-refractivity contribution < 1.29 is 13.9 Å². The summed E-state index contributed by atoms with van der Waals surface area (Å²) in [5.41, 5.74) is 2.80. The van der Waals surface area contributed by atoms with Crippen molar-refractivity contribution in [2.75, 3.05) is 0 Å². The molecule has 1 aromatic heterocycles. The molecule has 0 radical (unpaired) electrons. The van der Waals surface area contributed by atoms with Crippen LogP contribution >= 0.6 is 0 Å². The van der Waals surface area contributed by atoms with Gasteiger partial charge >= 0.3 is 0 Å². The molecule has 1 atom stereocenters. The van der Waals surface area contributed by atoms with Crippen molar-refractivity contribution in [3.05, 3.63) is 84.4 Å². The molecule has 5 nitrogen and oxygen atoms in total. The lowest BCUT2D eigenvalue weighted by Crippen LogP contribution is -2.21. The zero-order valence-corrected chi connectivity index (χ0v) is 15.5. The first kappa shape index (κ1) is 17.4.